The predicted molar refractivity (Wildman–Crippen MR) is 77.6 cm³/mol. The average Bonchev–Trinajstić information content (AvgIpc) is 2.86. The third-order valence-corrected chi connectivity index (χ3v) is 3.53. The highest BCUT2D eigenvalue weighted by Crippen LogP contribution is 2.23. The molecule has 0 unspecified atom stereocenters. The van der Waals surface area contributed by atoms with Crippen LogP contribution in [-0.4, -0.2) is 51.4 Å². The molecule has 2 N–H and O–H groups in total. The van der Waals surface area contributed by atoms with E-state index in [2.05, 4.69) is 31.2 Å². The minimum Gasteiger partial charge on any atom is -0.392 e. The molecule has 2 rings (SSSR count). The highest BCUT2D eigenvalue weighted by Gasteiger charge is 2.23. The SMILES string of the molecule is Cn1nc(C(C)(C)C)cc1NC(=O)CN1CC[C@H](O)C1. The molecule has 1 aliphatic heterocycles. The van der Waals surface area contributed by atoms with Crippen LogP contribution in [0.25, 0.3) is 0 Å². The van der Waals surface area contributed by atoms with Crippen LogP contribution in [0.15, 0.2) is 6.07 Å². The molecule has 0 bridgehead atoms. The molecule has 0 aromatic carbocycles. The van der Waals surface area contributed by atoms with Crippen molar-refractivity contribution in [3.05, 3.63) is 11.8 Å². The van der Waals surface area contributed by atoms with E-state index < -0.39 is 0 Å². The van der Waals surface area contributed by atoms with Gasteiger partial charge in [-0.3, -0.25) is 14.4 Å². The Labute approximate surface area is 119 Å². The van der Waals surface area contributed by atoms with E-state index in [9.17, 15) is 9.90 Å². The second kappa shape index (κ2) is 5.54. The largest absolute Gasteiger partial charge is 0.392 e. The van der Waals surface area contributed by atoms with Gasteiger partial charge in [0.1, 0.15) is 5.82 Å². The van der Waals surface area contributed by atoms with E-state index in [0.29, 0.717) is 18.9 Å². The summed E-state index contributed by atoms with van der Waals surface area (Å²) in [7, 11) is 1.82. The topological polar surface area (TPSA) is 70.4 Å². The normalized spacial score (nSPS) is 20.4. The lowest BCUT2D eigenvalue weighted by atomic mass is 9.92. The van der Waals surface area contributed by atoms with Crippen LogP contribution in [0.4, 0.5) is 5.82 Å². The average molecular weight is 280 g/mol. The molecule has 1 atom stereocenters. The number of hydrogen-bond donors (Lipinski definition) is 2. The van der Waals surface area contributed by atoms with Crippen molar-refractivity contribution in [2.75, 3.05) is 25.0 Å². The molecule has 6 nitrogen and oxygen atoms in total. The zero-order valence-corrected chi connectivity index (χ0v) is 12.7. The predicted octanol–water partition coefficient (Wildman–Crippen LogP) is 0.723. The minimum atomic E-state index is -0.299. The standard InChI is InChI=1S/C14H24N4O2/c1-14(2,3)11-7-12(17(4)16-11)15-13(20)9-18-6-5-10(19)8-18/h7,10,19H,5-6,8-9H2,1-4H3,(H,15,20)/t10-/m0/s1. The Balaban J connectivity index is 1.96. The van der Waals surface area contributed by atoms with Crippen LogP contribution < -0.4 is 5.32 Å². The maximum Gasteiger partial charge on any atom is 0.239 e. The molecular weight excluding hydrogens is 256 g/mol. The zero-order valence-electron chi connectivity index (χ0n) is 12.7. The summed E-state index contributed by atoms with van der Waals surface area (Å²) >= 11 is 0. The second-order valence-electron chi connectivity index (χ2n) is 6.51. The Morgan fingerprint density at radius 1 is 1.55 bits per heavy atom. The summed E-state index contributed by atoms with van der Waals surface area (Å²) in [5.74, 6) is 0.641. The minimum absolute atomic E-state index is 0.0419. The Bertz CT molecular complexity index is 490. The molecule has 1 aliphatic rings. The van der Waals surface area contributed by atoms with E-state index >= 15 is 0 Å². The van der Waals surface area contributed by atoms with Crippen molar-refractivity contribution in [2.24, 2.45) is 7.05 Å². The maximum absolute atomic E-state index is 12.0. The summed E-state index contributed by atoms with van der Waals surface area (Å²) < 4.78 is 1.69. The van der Waals surface area contributed by atoms with Gasteiger partial charge < -0.3 is 10.4 Å². The van der Waals surface area contributed by atoms with Crippen LogP contribution in [0.1, 0.15) is 32.9 Å². The summed E-state index contributed by atoms with van der Waals surface area (Å²) in [5.41, 5.74) is 0.909. The highest BCUT2D eigenvalue weighted by molar-refractivity contribution is 5.91. The van der Waals surface area contributed by atoms with Crippen molar-refractivity contribution in [3.8, 4) is 0 Å². The van der Waals surface area contributed by atoms with Crippen LogP contribution in [0.3, 0.4) is 0 Å². The number of carbonyl (C=O) groups excluding carboxylic acids is 1. The van der Waals surface area contributed by atoms with Crippen molar-refractivity contribution in [1.29, 1.82) is 0 Å². The number of carbonyl (C=O) groups is 1. The molecule has 1 aromatic heterocycles. The van der Waals surface area contributed by atoms with Crippen molar-refractivity contribution in [3.63, 3.8) is 0 Å². The van der Waals surface area contributed by atoms with E-state index in [-0.39, 0.29) is 17.4 Å². The van der Waals surface area contributed by atoms with Gasteiger partial charge in [-0.05, 0) is 6.42 Å². The van der Waals surface area contributed by atoms with Crippen LogP contribution in [0.2, 0.25) is 0 Å². The van der Waals surface area contributed by atoms with Crippen LogP contribution in [-0.2, 0) is 17.3 Å². The number of hydrogen-bond acceptors (Lipinski definition) is 4. The molecule has 1 amide bonds. The number of aliphatic hydroxyl groups excluding tert-OH is 1. The Morgan fingerprint density at radius 3 is 2.75 bits per heavy atom. The molecule has 0 aliphatic carbocycles. The fourth-order valence-corrected chi connectivity index (χ4v) is 2.29. The molecule has 20 heavy (non-hydrogen) atoms. The molecule has 1 saturated heterocycles. The van der Waals surface area contributed by atoms with Gasteiger partial charge in [-0.25, -0.2) is 0 Å². The number of nitrogens with one attached hydrogen (secondary N) is 1. The van der Waals surface area contributed by atoms with Gasteiger partial charge in [0.15, 0.2) is 0 Å². The van der Waals surface area contributed by atoms with E-state index in [0.717, 1.165) is 18.7 Å². The molecule has 6 heteroatoms. The molecular formula is C14H24N4O2. The Kier molecular flexibility index (Phi) is 4.15. The number of aliphatic hydroxyl groups is 1. The smallest absolute Gasteiger partial charge is 0.239 e. The van der Waals surface area contributed by atoms with E-state index in [4.69, 9.17) is 0 Å². The first kappa shape index (κ1) is 15.0. The number of amides is 1. The van der Waals surface area contributed by atoms with Crippen molar-refractivity contribution >= 4 is 11.7 Å². The monoisotopic (exact) mass is 280 g/mol. The lowest BCUT2D eigenvalue weighted by Gasteiger charge is -2.14. The number of rotatable bonds is 3. The van der Waals surface area contributed by atoms with E-state index in [1.54, 1.807) is 4.68 Å². The molecule has 1 aromatic rings. The van der Waals surface area contributed by atoms with Crippen LogP contribution in [0, 0.1) is 0 Å². The van der Waals surface area contributed by atoms with Gasteiger partial charge in [-0.2, -0.15) is 5.10 Å². The van der Waals surface area contributed by atoms with Gasteiger partial charge in [0, 0.05) is 31.6 Å². The third kappa shape index (κ3) is 3.58. The van der Waals surface area contributed by atoms with Crippen molar-refractivity contribution in [1.82, 2.24) is 14.7 Å². The summed E-state index contributed by atoms with van der Waals surface area (Å²) in [6, 6.07) is 1.91. The van der Waals surface area contributed by atoms with Gasteiger partial charge in [-0.1, -0.05) is 20.8 Å². The Hall–Kier alpha value is -1.40. The van der Waals surface area contributed by atoms with Crippen LogP contribution >= 0.6 is 0 Å². The molecule has 0 saturated carbocycles. The highest BCUT2D eigenvalue weighted by atomic mass is 16.3. The first-order chi connectivity index (χ1) is 9.25. The van der Waals surface area contributed by atoms with Crippen LogP contribution in [0.5, 0.6) is 0 Å². The molecule has 0 radical (unpaired) electrons. The number of aryl methyl sites for hydroxylation is 1. The lowest BCUT2D eigenvalue weighted by molar-refractivity contribution is -0.117. The fourth-order valence-electron chi connectivity index (χ4n) is 2.29. The lowest BCUT2D eigenvalue weighted by Crippen LogP contribution is -2.32. The van der Waals surface area contributed by atoms with Crippen molar-refractivity contribution < 1.29 is 9.90 Å². The van der Waals surface area contributed by atoms with Gasteiger partial charge in [-0.15, -0.1) is 0 Å². The third-order valence-electron chi connectivity index (χ3n) is 3.53. The number of β-amino-alcohol motifs (C(OH)–C–C–N with tert-alkyl or cyclic N) is 1. The molecule has 1 fully saturated rings. The van der Waals surface area contributed by atoms with E-state index in [1.165, 1.54) is 0 Å². The summed E-state index contributed by atoms with van der Waals surface area (Å²) in [5, 5.41) is 16.8. The number of nitrogens with zero attached hydrogens (tertiary/aromatic N) is 3. The number of likely N-dealkylation sites (tertiary alicyclic amines) is 1. The second-order valence-corrected chi connectivity index (χ2v) is 6.51. The van der Waals surface area contributed by atoms with Crippen molar-refractivity contribution in [2.45, 2.75) is 38.7 Å². The number of aromatic nitrogens is 2. The Morgan fingerprint density at radius 2 is 2.25 bits per heavy atom. The molecule has 112 valence electrons. The summed E-state index contributed by atoms with van der Waals surface area (Å²) in [4.78, 5) is 14.0. The van der Waals surface area contributed by atoms with E-state index in [1.807, 2.05) is 18.0 Å². The molecule has 2 heterocycles. The zero-order chi connectivity index (χ0) is 14.9. The van der Waals surface area contributed by atoms with Gasteiger partial charge in [0.25, 0.3) is 0 Å². The first-order valence-electron chi connectivity index (χ1n) is 7.00. The van der Waals surface area contributed by atoms with Gasteiger partial charge in [0.2, 0.25) is 5.91 Å². The maximum atomic E-state index is 12.0. The summed E-state index contributed by atoms with van der Waals surface area (Å²) in [6.45, 7) is 7.93. The summed E-state index contributed by atoms with van der Waals surface area (Å²) in [6.07, 6.45) is 0.444. The molecule has 0 spiro atoms. The quantitative estimate of drug-likeness (QED) is 0.856. The fraction of sp³-hybridized carbons (Fsp3) is 0.714. The number of anilines is 1. The van der Waals surface area contributed by atoms with Gasteiger partial charge >= 0.3 is 0 Å². The van der Waals surface area contributed by atoms with Gasteiger partial charge in [0.05, 0.1) is 18.3 Å². The first-order valence-corrected chi connectivity index (χ1v) is 7.00.